The van der Waals surface area contributed by atoms with Gasteiger partial charge < -0.3 is 14.6 Å². The van der Waals surface area contributed by atoms with Crippen LogP contribution < -0.4 is 9.47 Å². The largest absolute Gasteiger partial charge is 0.492 e. The number of aromatic nitrogens is 2. The first-order valence-electron chi connectivity index (χ1n) is 12.7. The van der Waals surface area contributed by atoms with Crippen molar-refractivity contribution < 1.29 is 14.6 Å². The van der Waals surface area contributed by atoms with Gasteiger partial charge in [-0.2, -0.15) is 5.10 Å². The molecule has 1 saturated heterocycles. The Morgan fingerprint density at radius 1 is 0.971 bits per heavy atom. The summed E-state index contributed by atoms with van der Waals surface area (Å²) in [6.07, 6.45) is 2.41. The highest BCUT2D eigenvalue weighted by molar-refractivity contribution is 5.35. The van der Waals surface area contributed by atoms with Gasteiger partial charge in [0.1, 0.15) is 24.7 Å². The molecule has 1 aromatic heterocycles. The van der Waals surface area contributed by atoms with E-state index in [4.69, 9.17) is 9.47 Å². The van der Waals surface area contributed by atoms with Crippen LogP contribution in [0.2, 0.25) is 0 Å². The Labute approximate surface area is 209 Å². The van der Waals surface area contributed by atoms with E-state index < -0.39 is 5.60 Å². The van der Waals surface area contributed by atoms with Gasteiger partial charge in [-0.1, -0.05) is 29.8 Å². The molecule has 188 valence electrons. The van der Waals surface area contributed by atoms with Crippen molar-refractivity contribution in [3.63, 3.8) is 0 Å². The fraction of sp³-hybridized carbons (Fsp3) is 0.483. The molecule has 35 heavy (non-hydrogen) atoms. The van der Waals surface area contributed by atoms with Crippen LogP contribution in [0.4, 0.5) is 0 Å². The zero-order valence-electron chi connectivity index (χ0n) is 21.6. The van der Waals surface area contributed by atoms with Crippen LogP contribution in [0.25, 0.3) is 0 Å². The van der Waals surface area contributed by atoms with Crippen molar-refractivity contribution in [1.29, 1.82) is 0 Å². The van der Waals surface area contributed by atoms with E-state index in [1.807, 2.05) is 23.7 Å². The molecule has 0 radical (unpaired) electrons. The maximum Gasteiger partial charge on any atom is 0.122 e. The minimum absolute atomic E-state index is 0.337. The molecule has 1 N–H and O–H groups in total. The highest BCUT2D eigenvalue weighted by Gasteiger charge is 2.31. The third kappa shape index (κ3) is 7.09. The van der Waals surface area contributed by atoms with Crippen LogP contribution in [0.1, 0.15) is 47.3 Å². The highest BCUT2D eigenvalue weighted by atomic mass is 16.5. The highest BCUT2D eigenvalue weighted by Crippen LogP contribution is 2.27. The Kier molecular flexibility index (Phi) is 8.14. The summed E-state index contributed by atoms with van der Waals surface area (Å²) in [5, 5.41) is 15.7. The lowest BCUT2D eigenvalue weighted by Gasteiger charge is -2.27. The molecule has 1 unspecified atom stereocenters. The predicted molar refractivity (Wildman–Crippen MR) is 139 cm³/mol. The fourth-order valence-electron chi connectivity index (χ4n) is 4.85. The van der Waals surface area contributed by atoms with E-state index in [1.54, 1.807) is 0 Å². The van der Waals surface area contributed by atoms with Crippen molar-refractivity contribution in [2.75, 3.05) is 26.3 Å². The average molecular weight is 478 g/mol. The van der Waals surface area contributed by atoms with Crippen molar-refractivity contribution in [2.45, 2.75) is 65.6 Å². The molecule has 0 saturated carbocycles. The molecule has 2 heterocycles. The number of hydrogen-bond acceptors (Lipinski definition) is 5. The van der Waals surface area contributed by atoms with Gasteiger partial charge in [0.2, 0.25) is 0 Å². The standard InChI is InChI=1S/C29H39N3O3/c1-22-9-10-28(23(2)17-22)35-21-29(33)11-6-13-31(14-12-29)20-26-7-5-8-27(19-26)34-16-15-32-25(4)18-24(3)30-32/h5,7-10,17-19,33H,6,11-16,20-21H2,1-4H3. The van der Waals surface area contributed by atoms with E-state index in [0.717, 1.165) is 67.5 Å². The monoisotopic (exact) mass is 477 g/mol. The zero-order valence-corrected chi connectivity index (χ0v) is 21.6. The molecule has 1 atom stereocenters. The predicted octanol–water partition coefficient (Wildman–Crippen LogP) is 4.99. The van der Waals surface area contributed by atoms with Crippen LogP contribution in [0.5, 0.6) is 11.5 Å². The molecule has 0 amide bonds. The van der Waals surface area contributed by atoms with Gasteiger partial charge >= 0.3 is 0 Å². The van der Waals surface area contributed by atoms with E-state index in [9.17, 15) is 5.11 Å². The second-order valence-electron chi connectivity index (χ2n) is 10.1. The third-order valence-corrected chi connectivity index (χ3v) is 6.82. The Hall–Kier alpha value is -2.83. The molecule has 6 heteroatoms. The smallest absolute Gasteiger partial charge is 0.122 e. The summed E-state index contributed by atoms with van der Waals surface area (Å²) in [6.45, 7) is 12.5. The first-order valence-corrected chi connectivity index (χ1v) is 12.7. The molecule has 1 aliphatic heterocycles. The van der Waals surface area contributed by atoms with Crippen LogP contribution in [0.3, 0.4) is 0 Å². The number of hydrogen-bond donors (Lipinski definition) is 1. The SMILES string of the molecule is Cc1ccc(OCC2(O)CCCN(Cc3cccc(OCCn4nc(C)cc4C)c3)CC2)c(C)c1. The van der Waals surface area contributed by atoms with Gasteiger partial charge in [-0.25, -0.2) is 0 Å². The minimum atomic E-state index is -0.792. The quantitative estimate of drug-likeness (QED) is 0.470. The number of aliphatic hydroxyl groups is 1. The van der Waals surface area contributed by atoms with Gasteiger partial charge in [0.15, 0.2) is 0 Å². The van der Waals surface area contributed by atoms with Crippen molar-refractivity contribution in [1.82, 2.24) is 14.7 Å². The number of aryl methyl sites for hydroxylation is 4. The second-order valence-corrected chi connectivity index (χ2v) is 10.1. The van der Waals surface area contributed by atoms with Crippen molar-refractivity contribution in [2.24, 2.45) is 0 Å². The van der Waals surface area contributed by atoms with E-state index in [0.29, 0.717) is 19.6 Å². The van der Waals surface area contributed by atoms with Gasteiger partial charge in [-0.15, -0.1) is 0 Å². The van der Waals surface area contributed by atoms with Crippen LogP contribution in [0.15, 0.2) is 48.5 Å². The van der Waals surface area contributed by atoms with Crippen LogP contribution in [-0.2, 0) is 13.1 Å². The maximum absolute atomic E-state index is 11.2. The first kappa shape index (κ1) is 25.3. The molecule has 1 fully saturated rings. The molecule has 4 rings (SSSR count). The summed E-state index contributed by atoms with van der Waals surface area (Å²) in [4.78, 5) is 2.42. The van der Waals surface area contributed by atoms with E-state index >= 15 is 0 Å². The van der Waals surface area contributed by atoms with Gasteiger partial charge in [-0.05, 0) is 88.9 Å². The van der Waals surface area contributed by atoms with Crippen LogP contribution in [-0.4, -0.2) is 51.7 Å². The lowest BCUT2D eigenvalue weighted by molar-refractivity contribution is -0.0170. The van der Waals surface area contributed by atoms with Gasteiger partial charge in [0, 0.05) is 18.8 Å². The molecule has 0 bridgehead atoms. The van der Waals surface area contributed by atoms with Gasteiger partial charge in [-0.3, -0.25) is 9.58 Å². The molecule has 6 nitrogen and oxygen atoms in total. The lowest BCUT2D eigenvalue weighted by Crippen LogP contribution is -2.37. The topological polar surface area (TPSA) is 59.8 Å². The van der Waals surface area contributed by atoms with Crippen LogP contribution in [0, 0.1) is 27.7 Å². The molecule has 3 aromatic rings. The second kappa shape index (κ2) is 11.3. The fourth-order valence-corrected chi connectivity index (χ4v) is 4.85. The number of nitrogens with zero attached hydrogens (tertiary/aromatic N) is 3. The lowest BCUT2D eigenvalue weighted by atomic mass is 9.96. The summed E-state index contributed by atoms with van der Waals surface area (Å²) in [5.74, 6) is 1.75. The maximum atomic E-state index is 11.2. The summed E-state index contributed by atoms with van der Waals surface area (Å²) >= 11 is 0. The van der Waals surface area contributed by atoms with E-state index in [-0.39, 0.29) is 0 Å². The molecule has 0 spiro atoms. The molecular weight excluding hydrogens is 438 g/mol. The van der Waals surface area contributed by atoms with E-state index in [1.165, 1.54) is 11.1 Å². The molecule has 2 aromatic carbocycles. The Bertz CT molecular complexity index is 1130. The Balaban J connectivity index is 1.27. The Morgan fingerprint density at radius 3 is 2.60 bits per heavy atom. The minimum Gasteiger partial charge on any atom is -0.492 e. The van der Waals surface area contributed by atoms with Crippen molar-refractivity contribution in [3.05, 3.63) is 76.6 Å². The van der Waals surface area contributed by atoms with Crippen molar-refractivity contribution in [3.8, 4) is 11.5 Å². The van der Waals surface area contributed by atoms with Gasteiger partial charge in [0.25, 0.3) is 0 Å². The zero-order chi connectivity index (χ0) is 24.8. The van der Waals surface area contributed by atoms with Crippen molar-refractivity contribution >= 4 is 0 Å². The third-order valence-electron chi connectivity index (χ3n) is 6.82. The summed E-state index contributed by atoms with van der Waals surface area (Å²) in [5.41, 5.74) is 4.95. The number of rotatable bonds is 9. The number of benzene rings is 2. The number of ether oxygens (including phenoxy) is 2. The van der Waals surface area contributed by atoms with Gasteiger partial charge in [0.05, 0.1) is 17.8 Å². The summed E-state index contributed by atoms with van der Waals surface area (Å²) in [7, 11) is 0. The van der Waals surface area contributed by atoms with E-state index in [2.05, 4.69) is 67.2 Å². The normalized spacial score (nSPS) is 18.9. The average Bonchev–Trinajstić information content (AvgIpc) is 3.02. The molecule has 1 aliphatic rings. The molecular formula is C29H39N3O3. The Morgan fingerprint density at radius 2 is 1.83 bits per heavy atom. The molecule has 0 aliphatic carbocycles. The summed E-state index contributed by atoms with van der Waals surface area (Å²) < 4.78 is 14.1. The number of likely N-dealkylation sites (tertiary alicyclic amines) is 1. The first-order chi connectivity index (χ1) is 16.8. The van der Waals surface area contributed by atoms with Crippen LogP contribution >= 0.6 is 0 Å². The summed E-state index contributed by atoms with van der Waals surface area (Å²) in [6, 6.07) is 16.6.